The molecule has 2 aliphatic heterocycles. The summed E-state index contributed by atoms with van der Waals surface area (Å²) >= 11 is 1.46. The predicted octanol–water partition coefficient (Wildman–Crippen LogP) is 0.878. The second-order valence-electron chi connectivity index (χ2n) is 4.52. The van der Waals surface area contributed by atoms with Crippen LogP contribution in [-0.4, -0.2) is 42.6 Å². The van der Waals surface area contributed by atoms with E-state index in [1.807, 2.05) is 30.3 Å². The van der Waals surface area contributed by atoms with Gasteiger partial charge in [0, 0.05) is 5.25 Å². The van der Waals surface area contributed by atoms with E-state index in [0.29, 0.717) is 5.17 Å². The fourth-order valence-corrected chi connectivity index (χ4v) is 5.72. The zero-order chi connectivity index (χ0) is 13.3. The van der Waals surface area contributed by atoms with Crippen LogP contribution < -0.4 is 5.43 Å². The Bertz CT molecular complexity index is 626. The van der Waals surface area contributed by atoms with Crippen LogP contribution in [0.15, 0.2) is 40.4 Å². The van der Waals surface area contributed by atoms with Crippen molar-refractivity contribution in [1.82, 2.24) is 5.43 Å². The first-order chi connectivity index (χ1) is 9.12. The molecule has 2 atom stereocenters. The maximum Gasteiger partial charge on any atom is 0.177 e. The zero-order valence-corrected chi connectivity index (χ0v) is 11.7. The number of sulfone groups is 1. The summed E-state index contributed by atoms with van der Waals surface area (Å²) in [4.78, 5) is 4.35. The maximum atomic E-state index is 11.4. The van der Waals surface area contributed by atoms with Crippen molar-refractivity contribution in [3.63, 3.8) is 0 Å². The molecule has 1 saturated heterocycles. The fourth-order valence-electron chi connectivity index (χ4n) is 2.11. The van der Waals surface area contributed by atoms with Gasteiger partial charge in [-0.1, -0.05) is 42.1 Å². The molecule has 0 saturated carbocycles. The topological polar surface area (TPSA) is 70.9 Å². The Kier molecular flexibility index (Phi) is 3.32. The van der Waals surface area contributed by atoms with Gasteiger partial charge in [0.25, 0.3) is 0 Å². The molecule has 0 spiro atoms. The van der Waals surface area contributed by atoms with Crippen LogP contribution in [0.1, 0.15) is 5.56 Å². The Morgan fingerprint density at radius 2 is 2.11 bits per heavy atom. The number of hydrogen-bond acceptors (Lipinski definition) is 6. The van der Waals surface area contributed by atoms with Crippen LogP contribution in [0, 0.1) is 0 Å². The Hall–Kier alpha value is -1.34. The molecule has 100 valence electrons. The number of amidine groups is 1. The number of fused-ring (bicyclic) bond motifs is 1. The number of rotatable bonds is 2. The lowest BCUT2D eigenvalue weighted by atomic mass is 10.2. The average molecular weight is 295 g/mol. The summed E-state index contributed by atoms with van der Waals surface area (Å²) in [7, 11) is -2.89. The number of hydrogen-bond donors (Lipinski definition) is 1. The molecule has 1 N–H and O–H groups in total. The Morgan fingerprint density at radius 1 is 1.32 bits per heavy atom. The molecular formula is C12H13N3O2S2. The van der Waals surface area contributed by atoms with Crippen LogP contribution in [0.5, 0.6) is 0 Å². The Labute approximate surface area is 116 Å². The van der Waals surface area contributed by atoms with Gasteiger partial charge in [0.2, 0.25) is 0 Å². The van der Waals surface area contributed by atoms with Crippen LogP contribution in [0.25, 0.3) is 0 Å². The molecule has 19 heavy (non-hydrogen) atoms. The quantitative estimate of drug-likeness (QED) is 0.649. The summed E-state index contributed by atoms with van der Waals surface area (Å²) in [5.41, 5.74) is 3.87. The van der Waals surface area contributed by atoms with Gasteiger partial charge in [-0.3, -0.25) is 10.4 Å². The van der Waals surface area contributed by atoms with Gasteiger partial charge < -0.3 is 0 Å². The highest BCUT2D eigenvalue weighted by Gasteiger charge is 2.42. The van der Waals surface area contributed by atoms with E-state index < -0.39 is 9.84 Å². The van der Waals surface area contributed by atoms with Crippen molar-refractivity contribution in [3.8, 4) is 0 Å². The van der Waals surface area contributed by atoms with Gasteiger partial charge in [-0.05, 0) is 5.56 Å². The summed E-state index contributed by atoms with van der Waals surface area (Å²) in [6.45, 7) is 0. The molecule has 0 unspecified atom stereocenters. The summed E-state index contributed by atoms with van der Waals surface area (Å²) in [5, 5.41) is 4.87. The van der Waals surface area contributed by atoms with Gasteiger partial charge in [-0.15, -0.1) is 0 Å². The first-order valence-electron chi connectivity index (χ1n) is 5.91. The van der Waals surface area contributed by atoms with E-state index in [1.165, 1.54) is 11.8 Å². The summed E-state index contributed by atoms with van der Waals surface area (Å²) in [6.07, 6.45) is 1.72. The van der Waals surface area contributed by atoms with Crippen LogP contribution in [0.4, 0.5) is 0 Å². The number of benzene rings is 1. The van der Waals surface area contributed by atoms with E-state index in [-0.39, 0.29) is 22.8 Å². The van der Waals surface area contributed by atoms with E-state index in [0.717, 1.165) is 5.56 Å². The second-order valence-corrected chi connectivity index (χ2v) is 7.90. The van der Waals surface area contributed by atoms with Crippen LogP contribution in [0.3, 0.4) is 0 Å². The van der Waals surface area contributed by atoms with Crippen molar-refractivity contribution >= 4 is 33.0 Å². The first kappa shape index (κ1) is 12.7. The average Bonchev–Trinajstić information content (AvgIpc) is 2.83. The molecule has 0 radical (unpaired) electrons. The molecule has 1 aromatic rings. The molecule has 0 bridgehead atoms. The van der Waals surface area contributed by atoms with Crippen molar-refractivity contribution in [2.75, 3.05) is 11.5 Å². The van der Waals surface area contributed by atoms with E-state index in [1.54, 1.807) is 6.21 Å². The lowest BCUT2D eigenvalue weighted by Gasteiger charge is -2.01. The first-order valence-corrected chi connectivity index (χ1v) is 8.61. The van der Waals surface area contributed by atoms with Gasteiger partial charge in [0.1, 0.15) is 0 Å². The zero-order valence-electron chi connectivity index (χ0n) is 10.1. The van der Waals surface area contributed by atoms with E-state index >= 15 is 0 Å². The van der Waals surface area contributed by atoms with Crippen molar-refractivity contribution in [1.29, 1.82) is 0 Å². The molecule has 3 rings (SSSR count). The number of hydrazone groups is 1. The molecule has 1 fully saturated rings. The molecule has 0 aliphatic carbocycles. The minimum Gasteiger partial charge on any atom is -0.256 e. The fraction of sp³-hybridized carbons (Fsp3) is 0.333. The van der Waals surface area contributed by atoms with Gasteiger partial charge in [-0.2, -0.15) is 5.10 Å². The molecule has 1 aromatic carbocycles. The lowest BCUT2D eigenvalue weighted by Crippen LogP contribution is -2.15. The number of nitrogens with one attached hydrogen (secondary N) is 1. The van der Waals surface area contributed by atoms with Crippen molar-refractivity contribution < 1.29 is 8.42 Å². The van der Waals surface area contributed by atoms with Crippen molar-refractivity contribution in [3.05, 3.63) is 35.9 Å². The molecule has 2 heterocycles. The van der Waals surface area contributed by atoms with Gasteiger partial charge >= 0.3 is 0 Å². The van der Waals surface area contributed by atoms with E-state index in [4.69, 9.17) is 0 Å². The van der Waals surface area contributed by atoms with Crippen molar-refractivity contribution in [2.45, 2.75) is 11.3 Å². The van der Waals surface area contributed by atoms with Gasteiger partial charge in [0.15, 0.2) is 15.0 Å². The standard InChI is InChI=1S/C12H13N3O2S2/c16-19(17)7-10-11(8-19)18-12(14-10)15-13-6-9-4-2-1-3-5-9/h1-6,10-11H,7-8H2,(H,14,15)/b13-6-/t10-,11-/m0/s1. The molecule has 7 heteroatoms. The van der Waals surface area contributed by atoms with Gasteiger partial charge in [-0.25, -0.2) is 8.42 Å². The highest BCUT2D eigenvalue weighted by molar-refractivity contribution is 8.15. The predicted molar refractivity (Wildman–Crippen MR) is 78.4 cm³/mol. The lowest BCUT2D eigenvalue weighted by molar-refractivity contribution is 0.601. The molecule has 0 aromatic heterocycles. The smallest absolute Gasteiger partial charge is 0.177 e. The van der Waals surface area contributed by atoms with Crippen LogP contribution in [-0.2, 0) is 9.84 Å². The van der Waals surface area contributed by atoms with E-state index in [9.17, 15) is 8.42 Å². The minimum atomic E-state index is -2.89. The normalized spacial score (nSPS) is 28.3. The SMILES string of the molecule is O=S1(=O)C[C@@H]2N=C(N/N=C\c3ccccc3)S[C@H]2C1. The maximum absolute atomic E-state index is 11.4. The van der Waals surface area contributed by atoms with Gasteiger partial charge in [0.05, 0.1) is 23.8 Å². The third-order valence-corrected chi connectivity index (χ3v) is 6.12. The number of aliphatic imine (C=N–C) groups is 1. The molecule has 2 aliphatic rings. The van der Waals surface area contributed by atoms with E-state index in [2.05, 4.69) is 15.5 Å². The molecule has 5 nitrogen and oxygen atoms in total. The Morgan fingerprint density at radius 3 is 2.84 bits per heavy atom. The number of nitrogens with zero attached hydrogens (tertiary/aromatic N) is 2. The highest BCUT2D eigenvalue weighted by Crippen LogP contribution is 2.33. The monoisotopic (exact) mass is 295 g/mol. The van der Waals surface area contributed by atoms with Crippen LogP contribution in [0.2, 0.25) is 0 Å². The second kappa shape index (κ2) is 4.97. The Balaban J connectivity index is 1.60. The third-order valence-electron chi connectivity index (χ3n) is 2.99. The highest BCUT2D eigenvalue weighted by atomic mass is 32.2. The summed E-state index contributed by atoms with van der Waals surface area (Å²) in [6, 6.07) is 9.64. The summed E-state index contributed by atoms with van der Waals surface area (Å²) < 4.78 is 22.8. The third kappa shape index (κ3) is 2.98. The largest absolute Gasteiger partial charge is 0.256 e. The number of thioether (sulfide) groups is 1. The summed E-state index contributed by atoms with van der Waals surface area (Å²) in [5.74, 6) is 0.387. The van der Waals surface area contributed by atoms with Crippen molar-refractivity contribution in [2.24, 2.45) is 10.1 Å². The minimum absolute atomic E-state index is 0.0550. The molecular weight excluding hydrogens is 282 g/mol. The molecule has 0 amide bonds. The van der Waals surface area contributed by atoms with Crippen LogP contribution >= 0.6 is 11.8 Å².